The summed E-state index contributed by atoms with van der Waals surface area (Å²) in [4.78, 5) is 33.6. The van der Waals surface area contributed by atoms with Gasteiger partial charge < -0.3 is 34.3 Å². The molecule has 3 aromatic rings. The predicted octanol–water partition coefficient (Wildman–Crippen LogP) is 2.61. The van der Waals surface area contributed by atoms with E-state index in [0.29, 0.717) is 11.4 Å². The molecule has 0 saturated heterocycles. The van der Waals surface area contributed by atoms with Gasteiger partial charge in [0, 0.05) is 44.1 Å². The number of likely N-dealkylation sites (N-methyl/N-ethyl adjacent to an activating group) is 1. The molecule has 13 nitrogen and oxygen atoms in total. The fourth-order valence-electron chi connectivity index (χ4n) is 4.49. The normalized spacial score (nSPS) is 17.8. The third-order valence-electron chi connectivity index (χ3n) is 7.02. The molecule has 1 aliphatic rings. The minimum atomic E-state index is -4.01. The molecule has 3 atom stereocenters. The van der Waals surface area contributed by atoms with Gasteiger partial charge in [-0.15, -0.1) is 0 Å². The number of anilines is 2. The number of aryl methyl sites for hydroxylation is 1. The van der Waals surface area contributed by atoms with Crippen LogP contribution in [0.3, 0.4) is 0 Å². The van der Waals surface area contributed by atoms with E-state index < -0.39 is 28.1 Å². The fraction of sp³-hybridized carbons (Fsp3) is 0.393. The van der Waals surface area contributed by atoms with Gasteiger partial charge in [0.15, 0.2) is 5.03 Å². The number of sulfonamides is 1. The van der Waals surface area contributed by atoms with Gasteiger partial charge in [-0.25, -0.2) is 9.78 Å². The minimum absolute atomic E-state index is 0.124. The standard InChI is InChI=1S/C28H36N6O7S/c1-18-13-34(19(2)16-35)27(36)23-12-21(31-42(38,39)26-15-32(3)17-29-26)8-11-24(23)41-25(18)14-33(4)28(37)30-20-6-9-22(40-5)10-7-20/h6-12,15,17-19,25,31,35H,13-14,16H2,1-5H3,(H,30,37)/t18-,19-,25-/m1/s1. The second-order valence-electron chi connectivity index (χ2n) is 10.4. The number of urea groups is 1. The van der Waals surface area contributed by atoms with Gasteiger partial charge in [-0.2, -0.15) is 8.42 Å². The van der Waals surface area contributed by atoms with Gasteiger partial charge in [0.05, 0.1) is 38.2 Å². The highest BCUT2D eigenvalue weighted by Crippen LogP contribution is 2.31. The SMILES string of the molecule is COc1ccc(NC(=O)N(C)C[C@H]2Oc3ccc(NS(=O)(=O)c4cn(C)cn4)cc3C(=O)N([C@H](C)CO)C[C@H]2C)cc1. The number of aromatic nitrogens is 2. The first-order chi connectivity index (χ1) is 19.9. The van der Waals surface area contributed by atoms with Crippen LogP contribution < -0.4 is 19.5 Å². The topological polar surface area (TPSA) is 155 Å². The minimum Gasteiger partial charge on any atom is -0.497 e. The van der Waals surface area contributed by atoms with Crippen molar-refractivity contribution in [3.05, 3.63) is 60.6 Å². The molecule has 0 fully saturated rings. The van der Waals surface area contributed by atoms with Crippen LogP contribution in [0.2, 0.25) is 0 Å². The van der Waals surface area contributed by atoms with E-state index >= 15 is 0 Å². The Bertz CT molecular complexity index is 1530. The first-order valence-electron chi connectivity index (χ1n) is 13.3. The van der Waals surface area contributed by atoms with Gasteiger partial charge in [-0.05, 0) is 49.4 Å². The van der Waals surface area contributed by atoms with Gasteiger partial charge >= 0.3 is 6.03 Å². The number of nitrogens with one attached hydrogen (secondary N) is 2. The molecule has 0 aliphatic carbocycles. The van der Waals surface area contributed by atoms with Gasteiger partial charge in [-0.3, -0.25) is 9.52 Å². The number of rotatable bonds is 9. The highest BCUT2D eigenvalue weighted by molar-refractivity contribution is 7.92. The quantitative estimate of drug-likeness (QED) is 0.339. The summed E-state index contributed by atoms with van der Waals surface area (Å²) >= 11 is 0. The van der Waals surface area contributed by atoms with Crippen molar-refractivity contribution in [1.29, 1.82) is 0 Å². The molecular formula is C28H36N6O7S. The van der Waals surface area contributed by atoms with Crippen LogP contribution in [-0.4, -0.2) is 90.8 Å². The number of nitrogens with zero attached hydrogens (tertiary/aromatic N) is 4. The molecule has 2 aromatic carbocycles. The molecule has 2 heterocycles. The van der Waals surface area contributed by atoms with Crippen molar-refractivity contribution in [2.45, 2.75) is 31.0 Å². The van der Waals surface area contributed by atoms with E-state index in [4.69, 9.17) is 9.47 Å². The molecule has 0 bridgehead atoms. The number of ether oxygens (including phenoxy) is 2. The Morgan fingerprint density at radius 1 is 1.24 bits per heavy atom. The average molecular weight is 601 g/mol. The smallest absolute Gasteiger partial charge is 0.321 e. The van der Waals surface area contributed by atoms with Crippen molar-refractivity contribution in [3.8, 4) is 11.5 Å². The summed E-state index contributed by atoms with van der Waals surface area (Å²) in [5.74, 6) is 0.258. The zero-order chi connectivity index (χ0) is 30.6. The Labute approximate surface area is 245 Å². The van der Waals surface area contributed by atoms with Crippen LogP contribution in [0.1, 0.15) is 24.2 Å². The number of imidazole rings is 1. The fourth-order valence-corrected chi connectivity index (χ4v) is 5.52. The molecular weight excluding hydrogens is 564 g/mol. The number of aliphatic hydroxyl groups excluding tert-OH is 1. The average Bonchev–Trinajstić information content (AvgIpc) is 3.42. The van der Waals surface area contributed by atoms with Crippen molar-refractivity contribution in [3.63, 3.8) is 0 Å². The monoisotopic (exact) mass is 600 g/mol. The summed E-state index contributed by atoms with van der Waals surface area (Å²) in [6, 6.07) is 10.5. The Morgan fingerprint density at radius 3 is 2.55 bits per heavy atom. The number of methoxy groups -OCH3 is 1. The number of carbonyl (C=O) groups excluding carboxylic acids is 2. The van der Waals surface area contributed by atoms with E-state index in [9.17, 15) is 23.1 Å². The van der Waals surface area contributed by atoms with Crippen molar-refractivity contribution in [2.24, 2.45) is 13.0 Å². The van der Waals surface area contributed by atoms with E-state index in [1.165, 1.54) is 45.1 Å². The number of amides is 3. The maximum absolute atomic E-state index is 13.7. The summed E-state index contributed by atoms with van der Waals surface area (Å²) in [6.45, 7) is 3.79. The second kappa shape index (κ2) is 12.7. The van der Waals surface area contributed by atoms with Gasteiger partial charge in [0.25, 0.3) is 15.9 Å². The zero-order valence-corrected chi connectivity index (χ0v) is 25.0. The molecule has 0 radical (unpaired) electrons. The van der Waals surface area contributed by atoms with E-state index in [2.05, 4.69) is 15.0 Å². The summed E-state index contributed by atoms with van der Waals surface area (Å²) in [7, 11) is 0.852. The number of carbonyl (C=O) groups is 2. The first kappa shape index (κ1) is 30.7. The number of fused-ring (bicyclic) bond motifs is 1. The van der Waals surface area contributed by atoms with E-state index in [1.54, 1.807) is 52.4 Å². The molecule has 4 rings (SSSR count). The van der Waals surface area contributed by atoms with Crippen LogP contribution >= 0.6 is 0 Å². The third kappa shape index (κ3) is 6.94. The lowest BCUT2D eigenvalue weighted by molar-refractivity contribution is 0.0371. The second-order valence-corrected chi connectivity index (χ2v) is 12.0. The highest BCUT2D eigenvalue weighted by Gasteiger charge is 2.34. The lowest BCUT2D eigenvalue weighted by atomic mass is 9.99. The summed E-state index contributed by atoms with van der Waals surface area (Å²) < 4.78 is 41.2. The van der Waals surface area contributed by atoms with Crippen LogP contribution in [0, 0.1) is 5.92 Å². The molecule has 14 heteroatoms. The van der Waals surface area contributed by atoms with Gasteiger partial charge in [-0.1, -0.05) is 6.92 Å². The van der Waals surface area contributed by atoms with Crippen LogP contribution in [0.5, 0.6) is 11.5 Å². The van der Waals surface area contributed by atoms with Crippen LogP contribution in [0.25, 0.3) is 0 Å². The van der Waals surface area contributed by atoms with Crippen molar-refractivity contribution >= 4 is 33.3 Å². The highest BCUT2D eigenvalue weighted by atomic mass is 32.2. The molecule has 0 saturated carbocycles. The van der Waals surface area contributed by atoms with Gasteiger partial charge in [0.2, 0.25) is 0 Å². The Balaban J connectivity index is 1.59. The molecule has 0 spiro atoms. The van der Waals surface area contributed by atoms with Crippen LogP contribution in [0.15, 0.2) is 60.0 Å². The maximum atomic E-state index is 13.7. The largest absolute Gasteiger partial charge is 0.497 e. The summed E-state index contributed by atoms with van der Waals surface area (Å²) in [6.07, 6.45) is 2.20. The predicted molar refractivity (Wildman–Crippen MR) is 156 cm³/mol. The Kier molecular flexibility index (Phi) is 9.27. The summed E-state index contributed by atoms with van der Waals surface area (Å²) in [5, 5.41) is 12.6. The van der Waals surface area contributed by atoms with E-state index in [0.717, 1.165) is 0 Å². The lowest BCUT2D eigenvalue weighted by Crippen LogP contribution is -2.50. The van der Waals surface area contributed by atoms with E-state index in [-0.39, 0.29) is 53.7 Å². The number of aliphatic hydroxyl groups is 1. The van der Waals surface area contributed by atoms with Crippen molar-refractivity contribution < 1.29 is 32.6 Å². The van der Waals surface area contributed by atoms with Crippen molar-refractivity contribution in [1.82, 2.24) is 19.4 Å². The number of benzene rings is 2. The molecule has 42 heavy (non-hydrogen) atoms. The van der Waals surface area contributed by atoms with Crippen LogP contribution in [0.4, 0.5) is 16.2 Å². The van der Waals surface area contributed by atoms with Crippen LogP contribution in [-0.2, 0) is 17.1 Å². The molecule has 0 unspecified atom stereocenters. The molecule has 1 aromatic heterocycles. The molecule has 3 amide bonds. The number of hydrogen-bond donors (Lipinski definition) is 3. The molecule has 226 valence electrons. The first-order valence-corrected chi connectivity index (χ1v) is 14.8. The van der Waals surface area contributed by atoms with Gasteiger partial charge in [0.1, 0.15) is 17.6 Å². The Morgan fingerprint density at radius 2 is 1.93 bits per heavy atom. The number of hydrogen-bond acceptors (Lipinski definition) is 8. The van der Waals surface area contributed by atoms with Crippen molar-refractivity contribution in [2.75, 3.05) is 43.9 Å². The third-order valence-corrected chi connectivity index (χ3v) is 8.28. The molecule has 1 aliphatic heterocycles. The molecule has 3 N–H and O–H groups in total. The lowest BCUT2D eigenvalue weighted by Gasteiger charge is -2.38. The maximum Gasteiger partial charge on any atom is 0.321 e. The zero-order valence-electron chi connectivity index (χ0n) is 24.1. The summed E-state index contributed by atoms with van der Waals surface area (Å²) in [5.41, 5.74) is 0.867. The van der Waals surface area contributed by atoms with E-state index in [1.807, 2.05) is 6.92 Å². The Hall–Kier alpha value is -4.30.